The van der Waals surface area contributed by atoms with Crippen LogP contribution in [0.4, 0.5) is 5.69 Å². The van der Waals surface area contributed by atoms with Crippen LogP contribution in [-0.4, -0.2) is 66.3 Å². The van der Waals surface area contributed by atoms with Crippen molar-refractivity contribution >= 4 is 34.7 Å². The van der Waals surface area contributed by atoms with Crippen LogP contribution in [-0.2, 0) is 9.59 Å². The lowest BCUT2D eigenvalue weighted by Crippen LogP contribution is -2.57. The van der Waals surface area contributed by atoms with E-state index in [9.17, 15) is 14.4 Å². The van der Waals surface area contributed by atoms with Crippen LogP contribution >= 0.6 is 11.3 Å². The molecule has 2 N–H and O–H groups in total. The molecule has 1 unspecified atom stereocenters. The van der Waals surface area contributed by atoms with E-state index in [1.807, 2.05) is 60.5 Å². The van der Waals surface area contributed by atoms with E-state index in [2.05, 4.69) is 10.6 Å². The number of para-hydroxylation sites is 1. The van der Waals surface area contributed by atoms with E-state index in [1.54, 1.807) is 11.0 Å². The summed E-state index contributed by atoms with van der Waals surface area (Å²) in [5.74, 6) is -0.364. The molecule has 1 fully saturated rings. The summed E-state index contributed by atoms with van der Waals surface area (Å²) in [7, 11) is 0. The first kappa shape index (κ1) is 22.0. The average molecular weight is 429 g/mol. The van der Waals surface area contributed by atoms with Crippen molar-refractivity contribution in [3.8, 4) is 0 Å². The van der Waals surface area contributed by atoms with Gasteiger partial charge in [0.1, 0.15) is 6.04 Å². The largest absolute Gasteiger partial charge is 0.339 e. The molecule has 7 nitrogen and oxygen atoms in total. The minimum Gasteiger partial charge on any atom is -0.339 e. The number of thiophene rings is 1. The Morgan fingerprint density at radius 1 is 1.00 bits per heavy atom. The highest BCUT2D eigenvalue weighted by Gasteiger charge is 2.31. The van der Waals surface area contributed by atoms with Crippen molar-refractivity contribution in [2.45, 2.75) is 19.9 Å². The first-order valence-electron chi connectivity index (χ1n) is 10.1. The predicted molar refractivity (Wildman–Crippen MR) is 119 cm³/mol. The summed E-state index contributed by atoms with van der Waals surface area (Å²) in [4.78, 5) is 42.1. The van der Waals surface area contributed by atoms with Crippen LogP contribution < -0.4 is 10.6 Å². The smallest absolute Gasteiger partial charge is 0.262 e. The molecule has 2 heterocycles. The lowest BCUT2D eigenvalue weighted by atomic mass is 10.0. The first-order chi connectivity index (χ1) is 14.4. The van der Waals surface area contributed by atoms with Gasteiger partial charge in [-0.3, -0.25) is 19.3 Å². The summed E-state index contributed by atoms with van der Waals surface area (Å²) in [5, 5.41) is 7.61. The van der Waals surface area contributed by atoms with Crippen LogP contribution in [0, 0.1) is 5.92 Å². The Morgan fingerprint density at radius 3 is 2.30 bits per heavy atom. The molecule has 1 atom stereocenters. The molecule has 1 aliphatic heterocycles. The second-order valence-electron chi connectivity index (χ2n) is 7.69. The molecule has 0 spiro atoms. The molecule has 0 radical (unpaired) electrons. The van der Waals surface area contributed by atoms with Gasteiger partial charge < -0.3 is 15.5 Å². The van der Waals surface area contributed by atoms with Crippen molar-refractivity contribution in [1.82, 2.24) is 15.1 Å². The standard InChI is InChI=1S/C22H28N4O3S/c1-16(2)20(24-21(28)18-9-6-14-30-18)22(29)26-12-10-25(11-13-26)15-19(27)23-17-7-4-3-5-8-17/h3-9,14,16,20H,10-13,15H2,1-2H3,(H,23,27)(H,24,28). The molecule has 0 bridgehead atoms. The highest BCUT2D eigenvalue weighted by molar-refractivity contribution is 7.12. The monoisotopic (exact) mass is 428 g/mol. The Morgan fingerprint density at radius 2 is 1.70 bits per heavy atom. The SMILES string of the molecule is CC(C)C(NC(=O)c1cccs1)C(=O)N1CCN(CC(=O)Nc2ccccc2)CC1. The topological polar surface area (TPSA) is 81.8 Å². The highest BCUT2D eigenvalue weighted by Crippen LogP contribution is 2.13. The fourth-order valence-corrected chi connectivity index (χ4v) is 4.01. The van der Waals surface area contributed by atoms with Gasteiger partial charge in [0.2, 0.25) is 11.8 Å². The van der Waals surface area contributed by atoms with E-state index >= 15 is 0 Å². The number of rotatable bonds is 7. The van der Waals surface area contributed by atoms with Gasteiger partial charge in [-0.2, -0.15) is 0 Å². The van der Waals surface area contributed by atoms with Gasteiger partial charge in [0, 0.05) is 31.9 Å². The molecule has 3 amide bonds. The number of piperazine rings is 1. The maximum absolute atomic E-state index is 13.0. The summed E-state index contributed by atoms with van der Waals surface area (Å²) in [5.41, 5.74) is 0.776. The number of amides is 3. The average Bonchev–Trinajstić information content (AvgIpc) is 3.27. The maximum atomic E-state index is 13.0. The van der Waals surface area contributed by atoms with Crippen LogP contribution in [0.15, 0.2) is 47.8 Å². The molecule has 2 aromatic rings. The summed E-state index contributed by atoms with van der Waals surface area (Å²) >= 11 is 1.36. The van der Waals surface area contributed by atoms with Crippen LogP contribution in [0.25, 0.3) is 0 Å². The number of anilines is 1. The summed E-state index contributed by atoms with van der Waals surface area (Å²) in [6, 6.07) is 12.4. The Bertz CT molecular complexity index is 847. The van der Waals surface area contributed by atoms with Crippen molar-refractivity contribution in [3.63, 3.8) is 0 Å². The predicted octanol–water partition coefficient (Wildman–Crippen LogP) is 2.29. The third-order valence-corrected chi connectivity index (χ3v) is 5.94. The number of hydrogen-bond acceptors (Lipinski definition) is 5. The van der Waals surface area contributed by atoms with Crippen molar-refractivity contribution in [2.24, 2.45) is 5.92 Å². The molecule has 8 heteroatoms. The highest BCUT2D eigenvalue weighted by atomic mass is 32.1. The van der Waals surface area contributed by atoms with Crippen molar-refractivity contribution in [1.29, 1.82) is 0 Å². The zero-order valence-electron chi connectivity index (χ0n) is 17.3. The Labute approximate surface area is 181 Å². The minimum atomic E-state index is -0.562. The second kappa shape index (κ2) is 10.4. The van der Waals surface area contributed by atoms with Gasteiger partial charge in [0.25, 0.3) is 5.91 Å². The third kappa shape index (κ3) is 5.90. The van der Waals surface area contributed by atoms with Gasteiger partial charge in [-0.05, 0) is 29.5 Å². The van der Waals surface area contributed by atoms with E-state index in [1.165, 1.54) is 11.3 Å². The molecule has 0 saturated carbocycles. The number of carbonyl (C=O) groups is 3. The summed E-state index contributed by atoms with van der Waals surface area (Å²) < 4.78 is 0. The second-order valence-corrected chi connectivity index (χ2v) is 8.64. The Balaban J connectivity index is 1.49. The molecule has 1 aliphatic rings. The van der Waals surface area contributed by atoms with Crippen LogP contribution in [0.1, 0.15) is 23.5 Å². The maximum Gasteiger partial charge on any atom is 0.262 e. The van der Waals surface area contributed by atoms with Crippen molar-refractivity contribution in [2.75, 3.05) is 38.0 Å². The molecule has 3 rings (SSSR count). The van der Waals surface area contributed by atoms with Crippen molar-refractivity contribution in [3.05, 3.63) is 52.7 Å². The number of carbonyl (C=O) groups excluding carboxylic acids is 3. The van der Waals surface area contributed by atoms with E-state index in [-0.39, 0.29) is 23.6 Å². The molecule has 1 saturated heterocycles. The molecule has 160 valence electrons. The number of nitrogens with one attached hydrogen (secondary N) is 2. The lowest BCUT2D eigenvalue weighted by Gasteiger charge is -2.37. The molecule has 30 heavy (non-hydrogen) atoms. The molecular formula is C22H28N4O3S. The van der Waals surface area contributed by atoms with Gasteiger partial charge in [0.15, 0.2) is 0 Å². The zero-order chi connectivity index (χ0) is 21.5. The van der Waals surface area contributed by atoms with Crippen LogP contribution in [0.5, 0.6) is 0 Å². The quantitative estimate of drug-likeness (QED) is 0.709. The number of hydrogen-bond donors (Lipinski definition) is 2. The molecule has 1 aromatic carbocycles. The molecular weight excluding hydrogens is 400 g/mol. The van der Waals surface area contributed by atoms with E-state index in [4.69, 9.17) is 0 Å². The first-order valence-corrected chi connectivity index (χ1v) is 11.0. The number of nitrogens with zero attached hydrogens (tertiary/aromatic N) is 2. The zero-order valence-corrected chi connectivity index (χ0v) is 18.2. The van der Waals surface area contributed by atoms with Crippen LogP contribution in [0.2, 0.25) is 0 Å². The van der Waals surface area contributed by atoms with E-state index < -0.39 is 6.04 Å². The summed E-state index contributed by atoms with van der Waals surface area (Å²) in [6.07, 6.45) is 0. The molecule has 0 aliphatic carbocycles. The summed E-state index contributed by atoms with van der Waals surface area (Å²) in [6.45, 7) is 6.48. The normalized spacial score (nSPS) is 15.6. The fourth-order valence-electron chi connectivity index (χ4n) is 3.38. The van der Waals surface area contributed by atoms with Gasteiger partial charge in [-0.1, -0.05) is 38.1 Å². The molecule has 1 aromatic heterocycles. The fraction of sp³-hybridized carbons (Fsp3) is 0.409. The van der Waals surface area contributed by atoms with Gasteiger partial charge >= 0.3 is 0 Å². The minimum absolute atomic E-state index is 0.0175. The Kier molecular flexibility index (Phi) is 7.59. The van der Waals surface area contributed by atoms with Gasteiger partial charge in [-0.15, -0.1) is 11.3 Å². The van der Waals surface area contributed by atoms with Gasteiger partial charge in [0.05, 0.1) is 11.4 Å². The van der Waals surface area contributed by atoms with Crippen LogP contribution in [0.3, 0.4) is 0 Å². The Hall–Kier alpha value is -2.71. The van der Waals surface area contributed by atoms with Crippen molar-refractivity contribution < 1.29 is 14.4 Å². The van der Waals surface area contributed by atoms with Gasteiger partial charge in [-0.25, -0.2) is 0 Å². The van der Waals surface area contributed by atoms with E-state index in [0.29, 0.717) is 37.6 Å². The number of benzene rings is 1. The third-order valence-electron chi connectivity index (χ3n) is 5.07. The van der Waals surface area contributed by atoms with E-state index in [0.717, 1.165) is 5.69 Å². The lowest BCUT2D eigenvalue weighted by molar-refractivity contribution is -0.136.